The Labute approximate surface area is 184 Å². The number of amides is 3. The fourth-order valence-electron chi connectivity index (χ4n) is 3.31. The third-order valence-corrected chi connectivity index (χ3v) is 5.03. The number of rotatable bonds is 9. The second-order valence-electron chi connectivity index (χ2n) is 7.46. The first-order chi connectivity index (χ1) is 14.7. The van der Waals surface area contributed by atoms with E-state index in [9.17, 15) is 14.4 Å². The topological polar surface area (TPSA) is 90.5 Å². The third kappa shape index (κ3) is 6.93. The molecule has 0 aliphatic rings. The van der Waals surface area contributed by atoms with Crippen LogP contribution in [0.25, 0.3) is 0 Å². The van der Waals surface area contributed by atoms with E-state index in [1.807, 2.05) is 45.0 Å². The molecule has 3 N–H and O–H groups in total. The van der Waals surface area contributed by atoms with Crippen LogP contribution in [0.2, 0.25) is 0 Å². The second-order valence-corrected chi connectivity index (χ2v) is 7.46. The van der Waals surface area contributed by atoms with Gasteiger partial charge in [0.05, 0.1) is 6.04 Å². The Morgan fingerprint density at radius 3 is 2.13 bits per heavy atom. The van der Waals surface area contributed by atoms with Crippen LogP contribution in [0, 0.1) is 0 Å². The van der Waals surface area contributed by atoms with Crippen molar-refractivity contribution in [2.45, 2.75) is 46.7 Å². The number of anilines is 2. The van der Waals surface area contributed by atoms with Gasteiger partial charge in [-0.2, -0.15) is 0 Å². The number of carbonyl (C=O) groups is 3. The van der Waals surface area contributed by atoms with Crippen LogP contribution in [0.4, 0.5) is 11.4 Å². The molecule has 2 aromatic carbocycles. The van der Waals surface area contributed by atoms with Crippen molar-refractivity contribution in [2.75, 3.05) is 23.7 Å². The first-order valence-electron chi connectivity index (χ1n) is 10.6. The van der Waals surface area contributed by atoms with Crippen LogP contribution < -0.4 is 16.0 Å². The molecule has 3 amide bonds. The SMILES string of the molecule is CCN(CC)C(=O)c1cccc(NC(=O)C(C)NC(C)c2cccc(NC(C)=O)c2)c1. The van der Waals surface area contributed by atoms with Gasteiger partial charge in [-0.15, -0.1) is 0 Å². The smallest absolute Gasteiger partial charge is 0.253 e. The summed E-state index contributed by atoms with van der Waals surface area (Å²) in [6.07, 6.45) is 0. The predicted molar refractivity (Wildman–Crippen MR) is 124 cm³/mol. The van der Waals surface area contributed by atoms with E-state index in [0.29, 0.717) is 30.0 Å². The summed E-state index contributed by atoms with van der Waals surface area (Å²) >= 11 is 0. The van der Waals surface area contributed by atoms with Gasteiger partial charge in [0.2, 0.25) is 11.8 Å². The summed E-state index contributed by atoms with van der Waals surface area (Å²) in [4.78, 5) is 38.3. The molecular weight excluding hydrogens is 392 g/mol. The summed E-state index contributed by atoms with van der Waals surface area (Å²) in [5.41, 5.74) is 2.80. The summed E-state index contributed by atoms with van der Waals surface area (Å²) in [6, 6.07) is 13.9. The maximum absolute atomic E-state index is 12.7. The molecule has 7 heteroatoms. The molecule has 0 spiro atoms. The summed E-state index contributed by atoms with van der Waals surface area (Å²) < 4.78 is 0. The molecule has 2 aromatic rings. The van der Waals surface area contributed by atoms with Crippen molar-refractivity contribution >= 4 is 29.1 Å². The fraction of sp³-hybridized carbons (Fsp3) is 0.375. The summed E-state index contributed by atoms with van der Waals surface area (Å²) in [6.45, 7) is 10.3. The number of nitrogens with one attached hydrogen (secondary N) is 3. The lowest BCUT2D eigenvalue weighted by Gasteiger charge is -2.21. The number of benzene rings is 2. The molecule has 0 bridgehead atoms. The Kier molecular flexibility index (Phi) is 8.75. The van der Waals surface area contributed by atoms with Gasteiger partial charge in [-0.3, -0.25) is 19.7 Å². The molecule has 0 radical (unpaired) electrons. The van der Waals surface area contributed by atoms with Crippen LogP contribution in [0.15, 0.2) is 48.5 Å². The first kappa shape index (κ1) is 24.1. The Hall–Kier alpha value is -3.19. The van der Waals surface area contributed by atoms with E-state index in [1.54, 1.807) is 36.1 Å². The zero-order valence-corrected chi connectivity index (χ0v) is 18.9. The molecule has 7 nitrogen and oxygen atoms in total. The molecule has 0 aromatic heterocycles. The van der Waals surface area contributed by atoms with E-state index in [2.05, 4.69) is 16.0 Å². The monoisotopic (exact) mass is 424 g/mol. The van der Waals surface area contributed by atoms with Gasteiger partial charge in [-0.25, -0.2) is 0 Å². The Morgan fingerprint density at radius 1 is 0.903 bits per heavy atom. The van der Waals surface area contributed by atoms with Gasteiger partial charge < -0.3 is 15.5 Å². The number of carbonyl (C=O) groups excluding carboxylic acids is 3. The lowest BCUT2D eigenvalue weighted by Crippen LogP contribution is -2.39. The highest BCUT2D eigenvalue weighted by molar-refractivity contribution is 5.98. The van der Waals surface area contributed by atoms with Crippen molar-refractivity contribution in [3.63, 3.8) is 0 Å². The molecule has 0 fully saturated rings. The lowest BCUT2D eigenvalue weighted by atomic mass is 10.1. The summed E-state index contributed by atoms with van der Waals surface area (Å²) in [5, 5.41) is 8.91. The minimum absolute atomic E-state index is 0.0556. The average molecular weight is 425 g/mol. The number of nitrogens with zero attached hydrogens (tertiary/aromatic N) is 1. The molecule has 0 saturated carbocycles. The molecule has 2 rings (SSSR count). The Balaban J connectivity index is 2.02. The minimum Gasteiger partial charge on any atom is -0.339 e. The van der Waals surface area contributed by atoms with Crippen LogP contribution in [-0.2, 0) is 9.59 Å². The van der Waals surface area contributed by atoms with Crippen molar-refractivity contribution in [2.24, 2.45) is 0 Å². The molecule has 0 heterocycles. The molecule has 2 atom stereocenters. The van der Waals surface area contributed by atoms with E-state index in [0.717, 1.165) is 5.56 Å². The van der Waals surface area contributed by atoms with Crippen molar-refractivity contribution in [1.82, 2.24) is 10.2 Å². The van der Waals surface area contributed by atoms with Gasteiger partial charge in [0.15, 0.2) is 0 Å². The largest absolute Gasteiger partial charge is 0.339 e. The Morgan fingerprint density at radius 2 is 1.52 bits per heavy atom. The standard InChI is InChI=1S/C24H32N4O3/c1-6-28(7-2)24(31)20-11-9-13-22(15-20)27-23(30)17(4)25-16(3)19-10-8-12-21(14-19)26-18(5)29/h8-17,25H,6-7H2,1-5H3,(H,26,29)(H,27,30). The summed E-state index contributed by atoms with van der Waals surface area (Å²) in [7, 11) is 0. The van der Waals surface area contributed by atoms with Gasteiger partial charge in [0, 0.05) is 43.0 Å². The van der Waals surface area contributed by atoms with Gasteiger partial charge in [-0.1, -0.05) is 18.2 Å². The second kappa shape index (κ2) is 11.3. The molecule has 0 aliphatic carbocycles. The van der Waals surface area contributed by atoms with Gasteiger partial charge >= 0.3 is 0 Å². The van der Waals surface area contributed by atoms with Crippen LogP contribution in [0.3, 0.4) is 0 Å². The van der Waals surface area contributed by atoms with Crippen LogP contribution in [0.1, 0.15) is 56.6 Å². The van der Waals surface area contributed by atoms with Gasteiger partial charge in [0.25, 0.3) is 5.91 Å². The van der Waals surface area contributed by atoms with E-state index in [4.69, 9.17) is 0 Å². The van der Waals surface area contributed by atoms with Crippen molar-refractivity contribution < 1.29 is 14.4 Å². The minimum atomic E-state index is -0.471. The number of hydrogen-bond donors (Lipinski definition) is 3. The van der Waals surface area contributed by atoms with Crippen LogP contribution >= 0.6 is 0 Å². The zero-order valence-electron chi connectivity index (χ0n) is 18.9. The zero-order chi connectivity index (χ0) is 23.0. The average Bonchev–Trinajstić information content (AvgIpc) is 2.74. The molecule has 166 valence electrons. The van der Waals surface area contributed by atoms with Crippen LogP contribution in [-0.4, -0.2) is 41.8 Å². The lowest BCUT2D eigenvalue weighted by molar-refractivity contribution is -0.118. The molecule has 31 heavy (non-hydrogen) atoms. The predicted octanol–water partition coefficient (Wildman–Crippen LogP) is 3.80. The molecule has 2 unspecified atom stereocenters. The van der Waals surface area contributed by atoms with Crippen molar-refractivity contribution in [1.29, 1.82) is 0 Å². The Bertz CT molecular complexity index is 925. The number of hydrogen-bond acceptors (Lipinski definition) is 4. The third-order valence-electron chi connectivity index (χ3n) is 5.03. The molecule has 0 aliphatic heterocycles. The highest BCUT2D eigenvalue weighted by Gasteiger charge is 2.18. The van der Waals surface area contributed by atoms with Gasteiger partial charge in [0.1, 0.15) is 0 Å². The maximum Gasteiger partial charge on any atom is 0.253 e. The first-order valence-corrected chi connectivity index (χ1v) is 10.6. The van der Waals surface area contributed by atoms with Gasteiger partial charge in [-0.05, 0) is 63.6 Å². The van der Waals surface area contributed by atoms with E-state index in [-0.39, 0.29) is 23.8 Å². The van der Waals surface area contributed by atoms with E-state index < -0.39 is 6.04 Å². The highest BCUT2D eigenvalue weighted by Crippen LogP contribution is 2.19. The van der Waals surface area contributed by atoms with E-state index >= 15 is 0 Å². The summed E-state index contributed by atoms with van der Waals surface area (Å²) in [5.74, 6) is -0.385. The molecule has 0 saturated heterocycles. The fourth-order valence-corrected chi connectivity index (χ4v) is 3.31. The van der Waals surface area contributed by atoms with Crippen molar-refractivity contribution in [3.8, 4) is 0 Å². The van der Waals surface area contributed by atoms with Crippen molar-refractivity contribution in [3.05, 3.63) is 59.7 Å². The molecular formula is C24H32N4O3. The highest BCUT2D eigenvalue weighted by atomic mass is 16.2. The quantitative estimate of drug-likeness (QED) is 0.571. The van der Waals surface area contributed by atoms with Crippen LogP contribution in [0.5, 0.6) is 0 Å². The van der Waals surface area contributed by atoms with E-state index in [1.165, 1.54) is 6.92 Å². The maximum atomic E-state index is 12.7. The normalized spacial score (nSPS) is 12.5.